The molecule has 2 atom stereocenters. The van der Waals surface area contributed by atoms with Crippen molar-refractivity contribution in [2.75, 3.05) is 13.1 Å². The van der Waals surface area contributed by atoms with E-state index in [1.807, 2.05) is 31.2 Å². The number of carboxylic acids is 1. The SMILES string of the molecule is Cc1cccc(C(c2ccc(Br)s2)N2CCCC(C(=O)O)C2)n1. The van der Waals surface area contributed by atoms with Gasteiger partial charge in [-0.05, 0) is 66.5 Å². The molecular weight excluding hydrogens is 376 g/mol. The Bertz CT molecular complexity index is 703. The van der Waals surface area contributed by atoms with Gasteiger partial charge in [-0.15, -0.1) is 11.3 Å². The van der Waals surface area contributed by atoms with Gasteiger partial charge in [-0.2, -0.15) is 0 Å². The van der Waals surface area contributed by atoms with Crippen molar-refractivity contribution in [2.45, 2.75) is 25.8 Å². The van der Waals surface area contributed by atoms with Crippen LogP contribution >= 0.6 is 27.3 Å². The number of hydrogen-bond donors (Lipinski definition) is 1. The topological polar surface area (TPSA) is 53.4 Å². The molecule has 0 aliphatic carbocycles. The maximum atomic E-state index is 11.4. The van der Waals surface area contributed by atoms with E-state index in [1.54, 1.807) is 11.3 Å². The molecule has 1 aliphatic heterocycles. The van der Waals surface area contributed by atoms with E-state index in [0.717, 1.165) is 34.6 Å². The van der Waals surface area contributed by atoms with Gasteiger partial charge in [-0.3, -0.25) is 14.7 Å². The molecule has 1 N–H and O–H groups in total. The van der Waals surface area contributed by atoms with E-state index in [1.165, 1.54) is 4.88 Å². The molecule has 3 rings (SSSR count). The van der Waals surface area contributed by atoms with Crippen molar-refractivity contribution in [2.24, 2.45) is 5.92 Å². The van der Waals surface area contributed by atoms with Crippen LogP contribution in [-0.4, -0.2) is 34.0 Å². The summed E-state index contributed by atoms with van der Waals surface area (Å²) in [5.41, 5.74) is 1.97. The van der Waals surface area contributed by atoms with Crippen LogP contribution < -0.4 is 0 Å². The first-order valence-electron chi connectivity index (χ1n) is 7.70. The lowest BCUT2D eigenvalue weighted by Crippen LogP contribution is -2.41. The lowest BCUT2D eigenvalue weighted by Gasteiger charge is -2.36. The molecule has 0 aromatic carbocycles. The first kappa shape index (κ1) is 16.6. The molecule has 4 nitrogen and oxygen atoms in total. The van der Waals surface area contributed by atoms with E-state index in [0.29, 0.717) is 6.54 Å². The van der Waals surface area contributed by atoms with Gasteiger partial charge in [0.2, 0.25) is 0 Å². The van der Waals surface area contributed by atoms with Crippen molar-refractivity contribution in [3.8, 4) is 0 Å². The van der Waals surface area contributed by atoms with Crippen LogP contribution in [0.25, 0.3) is 0 Å². The number of hydrogen-bond acceptors (Lipinski definition) is 4. The molecule has 122 valence electrons. The van der Waals surface area contributed by atoms with E-state index < -0.39 is 5.97 Å². The highest BCUT2D eigenvalue weighted by Crippen LogP contribution is 2.36. The molecule has 23 heavy (non-hydrogen) atoms. The third-order valence-corrected chi connectivity index (χ3v) is 5.90. The number of aromatic nitrogens is 1. The largest absolute Gasteiger partial charge is 0.481 e. The van der Waals surface area contributed by atoms with Crippen LogP contribution in [-0.2, 0) is 4.79 Å². The molecule has 1 fully saturated rings. The maximum Gasteiger partial charge on any atom is 0.307 e. The molecule has 1 aliphatic rings. The molecule has 2 aromatic heterocycles. The van der Waals surface area contributed by atoms with Crippen LogP contribution in [0.15, 0.2) is 34.1 Å². The van der Waals surface area contributed by atoms with Crippen LogP contribution in [0.4, 0.5) is 0 Å². The smallest absolute Gasteiger partial charge is 0.307 e. The van der Waals surface area contributed by atoms with Gasteiger partial charge < -0.3 is 5.11 Å². The van der Waals surface area contributed by atoms with Gasteiger partial charge in [-0.1, -0.05) is 6.07 Å². The molecule has 0 amide bonds. The zero-order valence-corrected chi connectivity index (χ0v) is 15.3. The molecule has 6 heteroatoms. The van der Waals surface area contributed by atoms with Crippen molar-refractivity contribution >= 4 is 33.2 Å². The normalized spacial score (nSPS) is 20.3. The van der Waals surface area contributed by atoms with Crippen LogP contribution in [0.3, 0.4) is 0 Å². The summed E-state index contributed by atoms with van der Waals surface area (Å²) < 4.78 is 1.08. The number of pyridine rings is 1. The van der Waals surface area contributed by atoms with Gasteiger partial charge in [0.25, 0.3) is 0 Å². The lowest BCUT2D eigenvalue weighted by atomic mass is 9.95. The first-order valence-corrected chi connectivity index (χ1v) is 9.31. The second kappa shape index (κ2) is 7.11. The highest BCUT2D eigenvalue weighted by Gasteiger charge is 2.32. The number of likely N-dealkylation sites (tertiary alicyclic amines) is 1. The van der Waals surface area contributed by atoms with Crippen molar-refractivity contribution in [1.82, 2.24) is 9.88 Å². The van der Waals surface area contributed by atoms with Crippen molar-refractivity contribution in [3.05, 3.63) is 50.4 Å². The average molecular weight is 395 g/mol. The second-order valence-electron chi connectivity index (χ2n) is 5.92. The van der Waals surface area contributed by atoms with E-state index in [2.05, 4.69) is 26.9 Å². The Hall–Kier alpha value is -1.24. The number of nitrogens with zero attached hydrogens (tertiary/aromatic N) is 2. The summed E-state index contributed by atoms with van der Waals surface area (Å²) in [5.74, 6) is -0.988. The van der Waals surface area contributed by atoms with Gasteiger partial charge in [0.05, 0.1) is 21.4 Å². The van der Waals surface area contributed by atoms with Crippen molar-refractivity contribution in [3.63, 3.8) is 0 Å². The number of aryl methyl sites for hydroxylation is 1. The van der Waals surface area contributed by atoms with Crippen LogP contribution in [0.2, 0.25) is 0 Å². The third-order valence-electron chi connectivity index (χ3n) is 4.22. The number of rotatable bonds is 4. The highest BCUT2D eigenvalue weighted by molar-refractivity contribution is 9.11. The van der Waals surface area contributed by atoms with Gasteiger partial charge in [0.15, 0.2) is 0 Å². The Kier molecular flexibility index (Phi) is 5.14. The van der Waals surface area contributed by atoms with E-state index >= 15 is 0 Å². The zero-order valence-electron chi connectivity index (χ0n) is 12.9. The minimum Gasteiger partial charge on any atom is -0.481 e. The predicted octanol–water partition coefficient (Wildman–Crippen LogP) is 4.10. The summed E-state index contributed by atoms with van der Waals surface area (Å²) in [4.78, 5) is 19.6. The number of aliphatic carboxylic acids is 1. The maximum absolute atomic E-state index is 11.4. The van der Waals surface area contributed by atoms with E-state index in [9.17, 15) is 9.90 Å². The summed E-state index contributed by atoms with van der Waals surface area (Å²) >= 11 is 5.22. The molecule has 2 aromatic rings. The highest BCUT2D eigenvalue weighted by atomic mass is 79.9. The minimum atomic E-state index is -0.696. The van der Waals surface area contributed by atoms with Gasteiger partial charge in [0, 0.05) is 17.1 Å². The molecular formula is C17H19BrN2O2S. The summed E-state index contributed by atoms with van der Waals surface area (Å²) in [6, 6.07) is 10.2. The molecule has 0 spiro atoms. The summed E-state index contributed by atoms with van der Waals surface area (Å²) in [6.07, 6.45) is 1.67. The summed E-state index contributed by atoms with van der Waals surface area (Å²) in [7, 11) is 0. The Morgan fingerprint density at radius 2 is 2.26 bits per heavy atom. The number of thiophene rings is 1. The van der Waals surface area contributed by atoms with Crippen LogP contribution in [0.5, 0.6) is 0 Å². The van der Waals surface area contributed by atoms with Gasteiger partial charge in [-0.25, -0.2) is 0 Å². The van der Waals surface area contributed by atoms with Crippen LogP contribution in [0.1, 0.15) is 35.1 Å². The molecule has 2 unspecified atom stereocenters. The standard InChI is InChI=1S/C17H19BrN2O2S/c1-11-4-2-6-13(19-11)16(14-7-8-15(18)23-14)20-9-3-5-12(10-20)17(21)22/h2,4,6-8,12,16H,3,5,9-10H2,1H3,(H,21,22). The fourth-order valence-corrected chi connectivity index (χ4v) is 4.72. The quantitative estimate of drug-likeness (QED) is 0.847. The summed E-state index contributed by atoms with van der Waals surface area (Å²) in [6.45, 7) is 3.46. The number of piperidine rings is 1. The number of carbonyl (C=O) groups is 1. The fourth-order valence-electron chi connectivity index (χ4n) is 3.15. The summed E-state index contributed by atoms with van der Waals surface area (Å²) in [5, 5.41) is 9.38. The van der Waals surface area contributed by atoms with E-state index in [-0.39, 0.29) is 12.0 Å². The lowest BCUT2D eigenvalue weighted by molar-refractivity contribution is -0.143. The fraction of sp³-hybridized carbons (Fsp3) is 0.412. The van der Waals surface area contributed by atoms with Gasteiger partial charge >= 0.3 is 5.97 Å². The van der Waals surface area contributed by atoms with E-state index in [4.69, 9.17) is 4.98 Å². The number of halogens is 1. The Morgan fingerprint density at radius 3 is 2.91 bits per heavy atom. The Morgan fingerprint density at radius 1 is 1.43 bits per heavy atom. The monoisotopic (exact) mass is 394 g/mol. The first-order chi connectivity index (χ1) is 11.0. The minimum absolute atomic E-state index is 0.0216. The Labute approximate surface area is 148 Å². The second-order valence-corrected chi connectivity index (χ2v) is 8.42. The zero-order chi connectivity index (χ0) is 16.4. The predicted molar refractivity (Wildman–Crippen MR) is 94.8 cm³/mol. The van der Waals surface area contributed by atoms with Crippen molar-refractivity contribution in [1.29, 1.82) is 0 Å². The molecule has 3 heterocycles. The average Bonchev–Trinajstić information content (AvgIpc) is 2.94. The van der Waals surface area contributed by atoms with Crippen molar-refractivity contribution < 1.29 is 9.90 Å². The molecule has 0 saturated carbocycles. The van der Waals surface area contributed by atoms with Gasteiger partial charge in [0.1, 0.15) is 0 Å². The molecule has 0 bridgehead atoms. The molecule has 0 radical (unpaired) electrons. The van der Waals surface area contributed by atoms with Crippen LogP contribution in [0, 0.1) is 12.8 Å². The Balaban J connectivity index is 1.96. The molecule has 1 saturated heterocycles. The number of carboxylic acid groups (broad SMARTS) is 1. The third kappa shape index (κ3) is 3.82.